The summed E-state index contributed by atoms with van der Waals surface area (Å²) >= 11 is 0. The summed E-state index contributed by atoms with van der Waals surface area (Å²) in [6, 6.07) is 0. The van der Waals surface area contributed by atoms with Crippen LogP contribution in [0.4, 0.5) is 0 Å². The van der Waals surface area contributed by atoms with E-state index in [-0.39, 0.29) is 0 Å². The monoisotopic (exact) mass is 168 g/mol. The van der Waals surface area contributed by atoms with E-state index in [4.69, 9.17) is 4.74 Å². The normalized spacial score (nSPS) is 45.8. The van der Waals surface area contributed by atoms with E-state index < -0.39 is 0 Å². The molecule has 70 valence electrons. The minimum Gasteiger partial charge on any atom is -0.377 e. The second-order valence-corrected chi connectivity index (χ2v) is 5.28. The van der Waals surface area contributed by atoms with E-state index in [0.29, 0.717) is 11.5 Å². The van der Waals surface area contributed by atoms with Crippen LogP contribution < -0.4 is 0 Å². The van der Waals surface area contributed by atoms with Gasteiger partial charge in [0.25, 0.3) is 0 Å². The van der Waals surface area contributed by atoms with E-state index in [9.17, 15) is 0 Å². The van der Waals surface area contributed by atoms with Gasteiger partial charge in [-0.2, -0.15) is 0 Å². The highest BCUT2D eigenvalue weighted by Gasteiger charge is 2.46. The molecule has 0 bridgehead atoms. The maximum atomic E-state index is 5.88. The van der Waals surface area contributed by atoms with Crippen molar-refractivity contribution in [3.8, 4) is 0 Å². The molecular formula is C11H20O. The quantitative estimate of drug-likeness (QED) is 0.540. The van der Waals surface area contributed by atoms with Crippen molar-refractivity contribution < 1.29 is 4.74 Å². The summed E-state index contributed by atoms with van der Waals surface area (Å²) in [6.07, 6.45) is 4.75. The van der Waals surface area contributed by atoms with Crippen LogP contribution in [-0.4, -0.2) is 12.7 Å². The van der Waals surface area contributed by atoms with E-state index in [2.05, 4.69) is 20.8 Å². The summed E-state index contributed by atoms with van der Waals surface area (Å²) in [4.78, 5) is 0. The minimum absolute atomic E-state index is 0.444. The van der Waals surface area contributed by atoms with Gasteiger partial charge in [0, 0.05) is 0 Å². The predicted octanol–water partition coefficient (Wildman–Crippen LogP) is 2.85. The van der Waals surface area contributed by atoms with Crippen molar-refractivity contribution in [2.45, 2.75) is 46.1 Å². The fourth-order valence-corrected chi connectivity index (χ4v) is 2.92. The SMILES string of the molecule is C[C@@H]1CCC[C@H]2[C@@H]1OCC2(C)C. The molecule has 2 fully saturated rings. The zero-order valence-electron chi connectivity index (χ0n) is 8.47. The Morgan fingerprint density at radius 2 is 2.00 bits per heavy atom. The Labute approximate surface area is 75.5 Å². The molecule has 0 unspecified atom stereocenters. The molecule has 2 aliphatic rings. The van der Waals surface area contributed by atoms with Crippen molar-refractivity contribution in [1.82, 2.24) is 0 Å². The summed E-state index contributed by atoms with van der Waals surface area (Å²) < 4.78 is 5.88. The minimum atomic E-state index is 0.444. The maximum Gasteiger partial charge on any atom is 0.0634 e. The standard InChI is InChI=1S/C11H20O/c1-8-5-4-6-9-10(8)12-7-11(9,2)3/h8-10H,4-7H2,1-3H3/t8-,9+,10-/m1/s1. The average molecular weight is 168 g/mol. The lowest BCUT2D eigenvalue weighted by atomic mass is 9.69. The van der Waals surface area contributed by atoms with Gasteiger partial charge in [0.2, 0.25) is 0 Å². The molecular weight excluding hydrogens is 148 g/mol. The van der Waals surface area contributed by atoms with E-state index in [0.717, 1.165) is 18.4 Å². The fourth-order valence-electron chi connectivity index (χ4n) is 2.92. The molecule has 12 heavy (non-hydrogen) atoms. The third kappa shape index (κ3) is 1.19. The average Bonchev–Trinajstić information content (AvgIpc) is 2.30. The molecule has 0 aromatic heterocycles. The molecule has 1 saturated carbocycles. The molecule has 1 heteroatoms. The Balaban J connectivity index is 2.14. The largest absolute Gasteiger partial charge is 0.377 e. The van der Waals surface area contributed by atoms with Crippen LogP contribution in [0.25, 0.3) is 0 Å². The van der Waals surface area contributed by atoms with Gasteiger partial charge in [0.15, 0.2) is 0 Å². The van der Waals surface area contributed by atoms with Gasteiger partial charge in [-0.05, 0) is 30.1 Å². The van der Waals surface area contributed by atoms with E-state index in [1.165, 1.54) is 19.3 Å². The Hall–Kier alpha value is -0.0400. The first-order valence-electron chi connectivity index (χ1n) is 5.23. The topological polar surface area (TPSA) is 9.23 Å². The van der Waals surface area contributed by atoms with Crippen molar-refractivity contribution in [3.63, 3.8) is 0 Å². The van der Waals surface area contributed by atoms with Crippen molar-refractivity contribution >= 4 is 0 Å². The van der Waals surface area contributed by atoms with Crippen LogP contribution in [-0.2, 0) is 4.74 Å². The molecule has 0 radical (unpaired) electrons. The van der Waals surface area contributed by atoms with Crippen LogP contribution in [0.5, 0.6) is 0 Å². The molecule has 0 spiro atoms. The lowest BCUT2D eigenvalue weighted by molar-refractivity contribution is 0.0260. The van der Waals surface area contributed by atoms with E-state index in [1.54, 1.807) is 0 Å². The van der Waals surface area contributed by atoms with Gasteiger partial charge in [0.1, 0.15) is 0 Å². The summed E-state index contributed by atoms with van der Waals surface area (Å²) in [6.45, 7) is 8.04. The van der Waals surface area contributed by atoms with Crippen LogP contribution >= 0.6 is 0 Å². The lowest BCUT2D eigenvalue weighted by Gasteiger charge is -2.35. The highest BCUT2D eigenvalue weighted by atomic mass is 16.5. The van der Waals surface area contributed by atoms with Crippen LogP contribution in [0.3, 0.4) is 0 Å². The summed E-state index contributed by atoms with van der Waals surface area (Å²) in [7, 11) is 0. The molecule has 2 rings (SSSR count). The van der Waals surface area contributed by atoms with Gasteiger partial charge in [-0.15, -0.1) is 0 Å². The second-order valence-electron chi connectivity index (χ2n) is 5.28. The molecule has 1 saturated heterocycles. The maximum absolute atomic E-state index is 5.88. The zero-order chi connectivity index (χ0) is 8.77. The third-order valence-corrected chi connectivity index (χ3v) is 3.78. The summed E-state index contributed by atoms with van der Waals surface area (Å²) in [5.74, 6) is 1.63. The first-order valence-corrected chi connectivity index (χ1v) is 5.23. The van der Waals surface area contributed by atoms with Gasteiger partial charge in [0.05, 0.1) is 12.7 Å². The Morgan fingerprint density at radius 3 is 2.67 bits per heavy atom. The van der Waals surface area contributed by atoms with Gasteiger partial charge in [-0.1, -0.05) is 27.2 Å². The molecule has 1 nitrogen and oxygen atoms in total. The van der Waals surface area contributed by atoms with Crippen molar-refractivity contribution in [2.75, 3.05) is 6.61 Å². The van der Waals surface area contributed by atoms with Crippen LogP contribution in [0.15, 0.2) is 0 Å². The lowest BCUT2D eigenvalue weighted by Crippen LogP contribution is -2.34. The molecule has 0 aromatic rings. The number of fused-ring (bicyclic) bond motifs is 1. The third-order valence-electron chi connectivity index (χ3n) is 3.78. The van der Waals surface area contributed by atoms with Gasteiger partial charge in [-0.3, -0.25) is 0 Å². The van der Waals surface area contributed by atoms with E-state index in [1.807, 2.05) is 0 Å². The molecule has 0 N–H and O–H groups in total. The highest BCUT2D eigenvalue weighted by Crippen LogP contribution is 2.47. The highest BCUT2D eigenvalue weighted by molar-refractivity contribution is 4.94. The van der Waals surface area contributed by atoms with E-state index >= 15 is 0 Å². The van der Waals surface area contributed by atoms with Crippen LogP contribution in [0, 0.1) is 17.3 Å². The summed E-state index contributed by atoms with van der Waals surface area (Å²) in [5.41, 5.74) is 0.444. The Bertz CT molecular complexity index is 174. The van der Waals surface area contributed by atoms with Gasteiger partial charge < -0.3 is 4.74 Å². The molecule has 1 aliphatic heterocycles. The van der Waals surface area contributed by atoms with Crippen LogP contribution in [0.2, 0.25) is 0 Å². The van der Waals surface area contributed by atoms with Crippen LogP contribution in [0.1, 0.15) is 40.0 Å². The Morgan fingerprint density at radius 1 is 1.25 bits per heavy atom. The number of hydrogen-bond donors (Lipinski definition) is 0. The zero-order valence-corrected chi connectivity index (χ0v) is 8.47. The second kappa shape index (κ2) is 2.73. The van der Waals surface area contributed by atoms with Crippen molar-refractivity contribution in [1.29, 1.82) is 0 Å². The predicted molar refractivity (Wildman–Crippen MR) is 50.0 cm³/mol. The molecule has 0 aromatic carbocycles. The molecule has 1 heterocycles. The summed E-state index contributed by atoms with van der Waals surface area (Å²) in [5, 5.41) is 0. The molecule has 1 aliphatic carbocycles. The number of hydrogen-bond acceptors (Lipinski definition) is 1. The number of rotatable bonds is 0. The first-order chi connectivity index (χ1) is 5.61. The molecule has 3 atom stereocenters. The van der Waals surface area contributed by atoms with Crippen molar-refractivity contribution in [2.24, 2.45) is 17.3 Å². The molecule has 0 amide bonds. The first kappa shape index (κ1) is 8.55. The fraction of sp³-hybridized carbons (Fsp3) is 1.00. The van der Waals surface area contributed by atoms with Gasteiger partial charge >= 0.3 is 0 Å². The number of ether oxygens (including phenoxy) is 1. The van der Waals surface area contributed by atoms with Gasteiger partial charge in [-0.25, -0.2) is 0 Å². The smallest absolute Gasteiger partial charge is 0.0634 e. The Kier molecular flexibility index (Phi) is 1.95. The van der Waals surface area contributed by atoms with Crippen molar-refractivity contribution in [3.05, 3.63) is 0 Å².